The minimum Gasteiger partial charge on any atom is -0.422 e. The minimum absolute atomic E-state index is 0.231. The summed E-state index contributed by atoms with van der Waals surface area (Å²) in [6.45, 7) is 0. The molecule has 0 saturated carbocycles. The standard InChI is InChI=1S/C25H18IO2S/c26-23-13-7-8-14-24(23)28-25(27)19-15-17-22(18-16-19)29(20-9-3-1-4-10-20)21-11-5-2-6-12-21/h1-18H/q+1. The van der Waals surface area contributed by atoms with Gasteiger partial charge in [-0.1, -0.05) is 48.5 Å². The van der Waals surface area contributed by atoms with Crippen LogP contribution in [0.15, 0.2) is 124 Å². The maximum absolute atomic E-state index is 12.6. The second-order valence-electron chi connectivity index (χ2n) is 6.28. The van der Waals surface area contributed by atoms with Crippen molar-refractivity contribution >= 4 is 39.5 Å². The number of esters is 1. The quantitative estimate of drug-likeness (QED) is 0.131. The lowest BCUT2D eigenvalue weighted by Gasteiger charge is -2.09. The fraction of sp³-hybridized carbons (Fsp3) is 0. The number of hydrogen-bond acceptors (Lipinski definition) is 2. The predicted octanol–water partition coefficient (Wildman–Crippen LogP) is 6.61. The van der Waals surface area contributed by atoms with Crippen LogP contribution in [0, 0.1) is 3.57 Å². The largest absolute Gasteiger partial charge is 0.422 e. The first-order valence-corrected chi connectivity index (χ1v) is 11.4. The molecule has 4 aromatic rings. The Morgan fingerprint density at radius 3 is 1.66 bits per heavy atom. The van der Waals surface area contributed by atoms with Gasteiger partial charge in [-0.25, -0.2) is 4.79 Å². The van der Waals surface area contributed by atoms with Crippen molar-refractivity contribution in [2.24, 2.45) is 0 Å². The highest BCUT2D eigenvalue weighted by Gasteiger charge is 2.28. The molecule has 0 fully saturated rings. The Morgan fingerprint density at radius 2 is 1.10 bits per heavy atom. The maximum atomic E-state index is 12.6. The Morgan fingerprint density at radius 1 is 0.621 bits per heavy atom. The molecule has 0 aromatic heterocycles. The lowest BCUT2D eigenvalue weighted by molar-refractivity contribution is 0.0733. The summed E-state index contributed by atoms with van der Waals surface area (Å²) in [4.78, 5) is 16.2. The van der Waals surface area contributed by atoms with E-state index in [0.29, 0.717) is 11.3 Å². The molecular weight excluding hydrogens is 491 g/mol. The van der Waals surface area contributed by atoms with E-state index in [2.05, 4.69) is 71.1 Å². The van der Waals surface area contributed by atoms with E-state index in [4.69, 9.17) is 4.74 Å². The molecule has 0 heterocycles. The summed E-state index contributed by atoms with van der Waals surface area (Å²) in [7, 11) is -0.231. The normalized spacial score (nSPS) is 10.7. The van der Waals surface area contributed by atoms with E-state index in [1.807, 2.05) is 54.6 Å². The molecule has 0 N–H and O–H groups in total. The second kappa shape index (κ2) is 9.29. The topological polar surface area (TPSA) is 26.3 Å². The molecular formula is C25H18IO2S+. The SMILES string of the molecule is O=C(Oc1ccccc1I)c1ccc([S+](c2ccccc2)c2ccccc2)cc1. The highest BCUT2D eigenvalue weighted by atomic mass is 127. The van der Waals surface area contributed by atoms with Crippen LogP contribution in [0.5, 0.6) is 5.75 Å². The van der Waals surface area contributed by atoms with E-state index in [1.54, 1.807) is 6.07 Å². The molecule has 4 aromatic carbocycles. The van der Waals surface area contributed by atoms with Crippen molar-refractivity contribution in [3.05, 3.63) is 118 Å². The van der Waals surface area contributed by atoms with E-state index < -0.39 is 0 Å². The summed E-state index contributed by atoms with van der Waals surface area (Å²) < 4.78 is 6.46. The van der Waals surface area contributed by atoms with E-state index in [9.17, 15) is 4.79 Å². The van der Waals surface area contributed by atoms with Crippen LogP contribution in [0.25, 0.3) is 0 Å². The molecule has 0 amide bonds. The molecule has 0 saturated heterocycles. The van der Waals surface area contributed by atoms with Gasteiger partial charge < -0.3 is 4.74 Å². The van der Waals surface area contributed by atoms with Gasteiger partial charge in [0.15, 0.2) is 14.7 Å². The number of hydrogen-bond donors (Lipinski definition) is 0. The molecule has 2 nitrogen and oxygen atoms in total. The van der Waals surface area contributed by atoms with Gasteiger partial charge in [-0.2, -0.15) is 0 Å². The zero-order valence-corrected chi connectivity index (χ0v) is 18.5. The van der Waals surface area contributed by atoms with Crippen molar-refractivity contribution in [1.29, 1.82) is 0 Å². The Balaban J connectivity index is 1.62. The van der Waals surface area contributed by atoms with E-state index in [1.165, 1.54) is 9.79 Å². The van der Waals surface area contributed by atoms with Gasteiger partial charge in [0.25, 0.3) is 0 Å². The van der Waals surface area contributed by atoms with E-state index in [0.717, 1.165) is 8.47 Å². The molecule has 0 aliphatic heterocycles. The van der Waals surface area contributed by atoms with Crippen LogP contribution in [-0.2, 0) is 10.9 Å². The molecule has 0 unspecified atom stereocenters. The molecule has 0 spiro atoms. The first-order chi connectivity index (χ1) is 14.2. The molecule has 4 rings (SSSR count). The molecule has 29 heavy (non-hydrogen) atoms. The molecule has 0 radical (unpaired) electrons. The van der Waals surface area contributed by atoms with Crippen molar-refractivity contribution in [3.63, 3.8) is 0 Å². The fourth-order valence-electron chi connectivity index (χ4n) is 2.93. The Labute approximate surface area is 187 Å². The summed E-state index contributed by atoms with van der Waals surface area (Å²) in [5.74, 6) is 0.232. The van der Waals surface area contributed by atoms with Crippen molar-refractivity contribution in [3.8, 4) is 5.75 Å². The Bertz CT molecular complexity index is 1060. The van der Waals surface area contributed by atoms with Crippen LogP contribution in [0.1, 0.15) is 10.4 Å². The number of carbonyl (C=O) groups is 1. The number of para-hydroxylation sites is 1. The number of carbonyl (C=O) groups excluding carboxylic acids is 1. The molecule has 0 atom stereocenters. The van der Waals surface area contributed by atoms with Gasteiger partial charge in [-0.05, 0) is 83.3 Å². The van der Waals surface area contributed by atoms with Crippen molar-refractivity contribution in [1.82, 2.24) is 0 Å². The molecule has 142 valence electrons. The third-order valence-corrected chi connectivity index (χ3v) is 7.44. The van der Waals surface area contributed by atoms with Crippen LogP contribution in [0.3, 0.4) is 0 Å². The van der Waals surface area contributed by atoms with Crippen LogP contribution in [0.4, 0.5) is 0 Å². The van der Waals surface area contributed by atoms with E-state index >= 15 is 0 Å². The zero-order chi connectivity index (χ0) is 20.1. The highest BCUT2D eigenvalue weighted by molar-refractivity contribution is 14.1. The zero-order valence-electron chi connectivity index (χ0n) is 15.5. The van der Waals surface area contributed by atoms with Crippen LogP contribution in [0.2, 0.25) is 0 Å². The first kappa shape index (κ1) is 19.7. The second-order valence-corrected chi connectivity index (χ2v) is 9.47. The molecule has 0 aliphatic rings. The number of rotatable bonds is 5. The molecule has 4 heteroatoms. The fourth-order valence-corrected chi connectivity index (χ4v) is 5.52. The third kappa shape index (κ3) is 4.71. The summed E-state index contributed by atoms with van der Waals surface area (Å²) >= 11 is 2.16. The summed E-state index contributed by atoms with van der Waals surface area (Å²) in [6.07, 6.45) is 0. The van der Waals surface area contributed by atoms with Crippen LogP contribution >= 0.6 is 22.6 Å². The summed E-state index contributed by atoms with van der Waals surface area (Å²) in [5.41, 5.74) is 0.540. The first-order valence-electron chi connectivity index (χ1n) is 9.13. The van der Waals surface area contributed by atoms with Gasteiger partial charge in [0, 0.05) is 0 Å². The Hall–Kier alpha value is -2.57. The summed E-state index contributed by atoms with van der Waals surface area (Å²) in [5, 5.41) is 0. The monoisotopic (exact) mass is 509 g/mol. The highest BCUT2D eigenvalue weighted by Crippen LogP contribution is 2.31. The van der Waals surface area contributed by atoms with Gasteiger partial charge in [0.2, 0.25) is 0 Å². The number of halogens is 1. The van der Waals surface area contributed by atoms with Crippen molar-refractivity contribution < 1.29 is 9.53 Å². The number of benzene rings is 4. The maximum Gasteiger partial charge on any atom is 0.343 e. The van der Waals surface area contributed by atoms with E-state index in [-0.39, 0.29) is 16.9 Å². The average molecular weight is 509 g/mol. The molecule has 0 aliphatic carbocycles. The van der Waals surface area contributed by atoms with Gasteiger partial charge in [-0.15, -0.1) is 0 Å². The average Bonchev–Trinajstić information content (AvgIpc) is 2.77. The lowest BCUT2D eigenvalue weighted by atomic mass is 10.2. The third-order valence-electron chi connectivity index (χ3n) is 4.32. The van der Waals surface area contributed by atoms with Crippen molar-refractivity contribution in [2.45, 2.75) is 14.7 Å². The smallest absolute Gasteiger partial charge is 0.343 e. The lowest BCUT2D eigenvalue weighted by Crippen LogP contribution is -2.10. The van der Waals surface area contributed by atoms with Gasteiger partial charge in [0.05, 0.1) is 20.0 Å². The van der Waals surface area contributed by atoms with Gasteiger partial charge in [0.1, 0.15) is 5.75 Å². The predicted molar refractivity (Wildman–Crippen MR) is 126 cm³/mol. The van der Waals surface area contributed by atoms with Gasteiger partial charge >= 0.3 is 5.97 Å². The Kier molecular flexibility index (Phi) is 6.32. The van der Waals surface area contributed by atoms with Gasteiger partial charge in [-0.3, -0.25) is 0 Å². The molecule has 0 bridgehead atoms. The summed E-state index contributed by atoms with van der Waals surface area (Å²) in [6, 6.07) is 36.1. The number of ether oxygens (including phenoxy) is 1. The van der Waals surface area contributed by atoms with Crippen molar-refractivity contribution in [2.75, 3.05) is 0 Å². The van der Waals surface area contributed by atoms with Crippen LogP contribution in [-0.4, -0.2) is 5.97 Å². The van der Waals surface area contributed by atoms with Crippen LogP contribution < -0.4 is 4.74 Å². The minimum atomic E-state index is -0.347.